The predicted octanol–water partition coefficient (Wildman–Crippen LogP) is 1.88. The van der Waals surface area contributed by atoms with Crippen molar-refractivity contribution in [2.75, 3.05) is 12.8 Å². The molecule has 0 aliphatic rings. The molecule has 0 aliphatic carbocycles. The van der Waals surface area contributed by atoms with Crippen molar-refractivity contribution in [3.8, 4) is 0 Å². The van der Waals surface area contributed by atoms with Gasteiger partial charge in [0.2, 0.25) is 5.91 Å². The summed E-state index contributed by atoms with van der Waals surface area (Å²) in [5.74, 6) is 0.910. The number of aryl methyl sites for hydroxylation is 1. The molecule has 0 fully saturated rings. The van der Waals surface area contributed by atoms with E-state index in [9.17, 15) is 4.79 Å². The lowest BCUT2D eigenvalue weighted by molar-refractivity contribution is -0.123. The quantitative estimate of drug-likeness (QED) is 0.824. The summed E-state index contributed by atoms with van der Waals surface area (Å²) >= 11 is 0. The molecular formula is C14H20N4O. The third-order valence-electron chi connectivity index (χ3n) is 3.27. The number of carbonyl (C=O) groups is 1. The van der Waals surface area contributed by atoms with Crippen LogP contribution in [0.25, 0.3) is 11.0 Å². The van der Waals surface area contributed by atoms with E-state index in [0.29, 0.717) is 5.69 Å². The Balaban J connectivity index is 2.61. The topological polar surface area (TPSA) is 72.9 Å². The van der Waals surface area contributed by atoms with Gasteiger partial charge in [-0.2, -0.15) is 0 Å². The highest BCUT2D eigenvalue weighted by Gasteiger charge is 2.20. The molecule has 5 nitrogen and oxygen atoms in total. The minimum Gasteiger partial charge on any atom is -0.399 e. The van der Waals surface area contributed by atoms with Crippen molar-refractivity contribution in [3.63, 3.8) is 0 Å². The van der Waals surface area contributed by atoms with Crippen molar-refractivity contribution in [3.05, 3.63) is 24.0 Å². The third kappa shape index (κ3) is 2.41. The number of hydrogen-bond donors (Lipinski definition) is 2. The van der Waals surface area contributed by atoms with E-state index in [4.69, 9.17) is 5.73 Å². The van der Waals surface area contributed by atoms with Crippen LogP contribution in [0.15, 0.2) is 18.2 Å². The van der Waals surface area contributed by atoms with Crippen LogP contribution in [0.3, 0.4) is 0 Å². The fraction of sp³-hybridized carbons (Fsp3) is 0.429. The molecular weight excluding hydrogens is 240 g/mol. The summed E-state index contributed by atoms with van der Waals surface area (Å²) < 4.78 is 2.00. The molecule has 1 aromatic heterocycles. The fourth-order valence-electron chi connectivity index (χ4n) is 2.32. The minimum atomic E-state index is -0.278. The summed E-state index contributed by atoms with van der Waals surface area (Å²) in [6.45, 7) is 3.98. The monoisotopic (exact) mass is 260 g/mol. The van der Waals surface area contributed by atoms with E-state index in [0.717, 1.165) is 29.7 Å². The molecule has 0 saturated heterocycles. The number of amides is 1. The average Bonchev–Trinajstić information content (AvgIpc) is 2.74. The van der Waals surface area contributed by atoms with Gasteiger partial charge in [0.1, 0.15) is 11.9 Å². The second-order valence-corrected chi connectivity index (χ2v) is 4.69. The minimum absolute atomic E-state index is 0.0199. The molecule has 0 spiro atoms. The van der Waals surface area contributed by atoms with Gasteiger partial charge < -0.3 is 15.6 Å². The first-order valence-corrected chi connectivity index (χ1v) is 6.56. The van der Waals surface area contributed by atoms with Gasteiger partial charge >= 0.3 is 0 Å². The molecule has 0 saturated carbocycles. The number of benzene rings is 1. The smallest absolute Gasteiger partial charge is 0.242 e. The van der Waals surface area contributed by atoms with Crippen LogP contribution in [0.1, 0.15) is 32.1 Å². The molecule has 0 aliphatic heterocycles. The Morgan fingerprint density at radius 1 is 1.53 bits per heavy atom. The molecule has 1 aromatic carbocycles. The molecule has 1 unspecified atom stereocenters. The Labute approximate surface area is 112 Å². The molecule has 2 rings (SSSR count). The van der Waals surface area contributed by atoms with Gasteiger partial charge in [0.05, 0.1) is 11.0 Å². The Hall–Kier alpha value is -2.04. The normalized spacial score (nSPS) is 12.6. The SMILES string of the molecule is CCCc1nc2cc(N)ccc2n1C(C)C(=O)NC. The van der Waals surface area contributed by atoms with Crippen LogP contribution in [0.2, 0.25) is 0 Å². The van der Waals surface area contributed by atoms with E-state index >= 15 is 0 Å². The number of carbonyl (C=O) groups excluding carboxylic acids is 1. The molecule has 19 heavy (non-hydrogen) atoms. The number of likely N-dealkylation sites (N-methyl/N-ethyl adjacent to an activating group) is 1. The van der Waals surface area contributed by atoms with Gasteiger partial charge in [-0.05, 0) is 31.5 Å². The number of nitrogens with one attached hydrogen (secondary N) is 1. The molecule has 2 aromatic rings. The van der Waals surface area contributed by atoms with Gasteiger partial charge in [0, 0.05) is 19.2 Å². The number of imidazole rings is 1. The van der Waals surface area contributed by atoms with Crippen molar-refractivity contribution in [2.24, 2.45) is 0 Å². The van der Waals surface area contributed by atoms with E-state index in [2.05, 4.69) is 17.2 Å². The number of hydrogen-bond acceptors (Lipinski definition) is 3. The zero-order valence-electron chi connectivity index (χ0n) is 11.6. The Bertz CT molecular complexity index is 603. The standard InChI is InChI=1S/C14H20N4O/c1-4-5-13-17-11-8-10(15)6-7-12(11)18(13)9(2)14(19)16-3/h6-9H,4-5,15H2,1-3H3,(H,16,19). The number of aromatic nitrogens is 2. The summed E-state index contributed by atoms with van der Waals surface area (Å²) in [4.78, 5) is 16.5. The Morgan fingerprint density at radius 2 is 2.26 bits per heavy atom. The van der Waals surface area contributed by atoms with E-state index in [-0.39, 0.29) is 11.9 Å². The van der Waals surface area contributed by atoms with Crippen LogP contribution in [-0.4, -0.2) is 22.5 Å². The summed E-state index contributed by atoms with van der Waals surface area (Å²) in [7, 11) is 1.65. The maximum atomic E-state index is 11.9. The van der Waals surface area contributed by atoms with E-state index in [1.54, 1.807) is 7.05 Å². The molecule has 5 heteroatoms. The van der Waals surface area contributed by atoms with E-state index < -0.39 is 0 Å². The molecule has 3 N–H and O–H groups in total. The van der Waals surface area contributed by atoms with Crippen LogP contribution >= 0.6 is 0 Å². The van der Waals surface area contributed by atoms with Gasteiger partial charge in [0.25, 0.3) is 0 Å². The summed E-state index contributed by atoms with van der Waals surface area (Å²) in [6, 6.07) is 5.34. The Kier molecular flexibility index (Phi) is 3.74. The number of nitrogens with two attached hydrogens (primary N) is 1. The number of anilines is 1. The summed E-state index contributed by atoms with van der Waals surface area (Å²) in [5.41, 5.74) is 8.28. The highest BCUT2D eigenvalue weighted by molar-refractivity contribution is 5.85. The van der Waals surface area contributed by atoms with Gasteiger partial charge in [-0.3, -0.25) is 4.79 Å². The molecule has 0 radical (unpaired) electrons. The van der Waals surface area contributed by atoms with Gasteiger partial charge in [-0.1, -0.05) is 6.92 Å². The third-order valence-corrected chi connectivity index (χ3v) is 3.27. The second-order valence-electron chi connectivity index (χ2n) is 4.69. The second kappa shape index (κ2) is 5.30. The molecule has 1 atom stereocenters. The average molecular weight is 260 g/mol. The first-order valence-electron chi connectivity index (χ1n) is 6.56. The Morgan fingerprint density at radius 3 is 2.89 bits per heavy atom. The van der Waals surface area contributed by atoms with Gasteiger partial charge in [0.15, 0.2) is 0 Å². The van der Waals surface area contributed by atoms with Crippen LogP contribution in [0, 0.1) is 0 Å². The molecule has 1 heterocycles. The molecule has 102 valence electrons. The van der Waals surface area contributed by atoms with Gasteiger partial charge in [-0.15, -0.1) is 0 Å². The zero-order chi connectivity index (χ0) is 14.0. The fourth-order valence-corrected chi connectivity index (χ4v) is 2.32. The van der Waals surface area contributed by atoms with Crippen molar-refractivity contribution in [1.29, 1.82) is 0 Å². The lowest BCUT2D eigenvalue weighted by Gasteiger charge is -2.16. The number of rotatable bonds is 4. The van der Waals surface area contributed by atoms with Crippen molar-refractivity contribution < 1.29 is 4.79 Å². The highest BCUT2D eigenvalue weighted by Crippen LogP contribution is 2.24. The van der Waals surface area contributed by atoms with E-state index in [1.807, 2.05) is 29.7 Å². The molecule has 0 bridgehead atoms. The lowest BCUT2D eigenvalue weighted by atomic mass is 10.2. The van der Waals surface area contributed by atoms with Crippen molar-refractivity contribution >= 4 is 22.6 Å². The van der Waals surface area contributed by atoms with Crippen molar-refractivity contribution in [2.45, 2.75) is 32.7 Å². The maximum absolute atomic E-state index is 11.9. The first kappa shape index (κ1) is 13.4. The highest BCUT2D eigenvalue weighted by atomic mass is 16.2. The van der Waals surface area contributed by atoms with Crippen LogP contribution < -0.4 is 11.1 Å². The predicted molar refractivity (Wildman–Crippen MR) is 76.9 cm³/mol. The van der Waals surface area contributed by atoms with Crippen LogP contribution in [-0.2, 0) is 11.2 Å². The van der Waals surface area contributed by atoms with Crippen LogP contribution in [0.5, 0.6) is 0 Å². The van der Waals surface area contributed by atoms with Gasteiger partial charge in [-0.25, -0.2) is 4.98 Å². The summed E-state index contributed by atoms with van der Waals surface area (Å²) in [5, 5.41) is 2.69. The lowest BCUT2D eigenvalue weighted by Crippen LogP contribution is -2.28. The number of nitrogen functional groups attached to an aromatic ring is 1. The van der Waals surface area contributed by atoms with Crippen molar-refractivity contribution in [1.82, 2.24) is 14.9 Å². The zero-order valence-corrected chi connectivity index (χ0v) is 11.6. The largest absolute Gasteiger partial charge is 0.399 e. The maximum Gasteiger partial charge on any atom is 0.242 e. The van der Waals surface area contributed by atoms with Crippen LogP contribution in [0.4, 0.5) is 5.69 Å². The molecule has 1 amide bonds. The first-order chi connectivity index (χ1) is 9.08. The number of nitrogens with zero attached hydrogens (tertiary/aromatic N) is 2. The summed E-state index contributed by atoms with van der Waals surface area (Å²) in [6.07, 6.45) is 1.83. The van der Waals surface area contributed by atoms with E-state index in [1.165, 1.54) is 0 Å². The number of fused-ring (bicyclic) bond motifs is 1.